The molecule has 2 heterocycles. The van der Waals surface area contributed by atoms with Crippen LogP contribution in [-0.4, -0.2) is 46.3 Å². The Morgan fingerprint density at radius 3 is 2.57 bits per heavy atom. The van der Waals surface area contributed by atoms with Crippen molar-refractivity contribution in [3.8, 4) is 0 Å². The highest BCUT2D eigenvalue weighted by Crippen LogP contribution is 2.42. The first-order valence-corrected chi connectivity index (χ1v) is 8.70. The molecule has 2 unspecified atom stereocenters. The maximum atomic E-state index is 11.7. The minimum Gasteiger partial charge on any atom is -0.480 e. The van der Waals surface area contributed by atoms with Gasteiger partial charge < -0.3 is 9.84 Å². The number of carbonyl (C=O) groups is 1. The molecule has 2 atom stereocenters. The van der Waals surface area contributed by atoms with Crippen LogP contribution in [0.5, 0.6) is 0 Å². The van der Waals surface area contributed by atoms with Gasteiger partial charge in [0.15, 0.2) is 0 Å². The third-order valence-electron chi connectivity index (χ3n) is 6.03. The minimum absolute atomic E-state index is 0.137. The number of carboxylic acids is 1. The van der Waals surface area contributed by atoms with Crippen molar-refractivity contribution in [2.45, 2.75) is 88.4 Å². The monoisotopic (exact) mass is 295 g/mol. The van der Waals surface area contributed by atoms with Crippen LogP contribution in [0.2, 0.25) is 0 Å². The van der Waals surface area contributed by atoms with Crippen LogP contribution < -0.4 is 0 Å². The zero-order valence-electron chi connectivity index (χ0n) is 13.3. The van der Waals surface area contributed by atoms with Crippen molar-refractivity contribution >= 4 is 5.97 Å². The molecule has 1 N–H and O–H groups in total. The van der Waals surface area contributed by atoms with Crippen molar-refractivity contribution in [3.05, 3.63) is 0 Å². The van der Waals surface area contributed by atoms with E-state index in [0.717, 1.165) is 38.8 Å². The van der Waals surface area contributed by atoms with Gasteiger partial charge in [-0.2, -0.15) is 0 Å². The molecule has 0 aromatic rings. The third-order valence-corrected chi connectivity index (χ3v) is 6.03. The molecule has 0 aromatic carbocycles. The maximum Gasteiger partial charge on any atom is 0.323 e. The molecule has 120 valence electrons. The molecule has 3 fully saturated rings. The number of aliphatic carboxylic acids is 1. The molecule has 0 aromatic heterocycles. The van der Waals surface area contributed by atoms with E-state index in [1.165, 1.54) is 38.5 Å². The summed E-state index contributed by atoms with van der Waals surface area (Å²) in [6.07, 6.45) is 11.8. The lowest BCUT2D eigenvalue weighted by Gasteiger charge is -2.43. The van der Waals surface area contributed by atoms with E-state index in [1.807, 2.05) is 6.92 Å². The Balaban J connectivity index is 1.62. The third kappa shape index (κ3) is 2.98. The quantitative estimate of drug-likeness (QED) is 0.868. The van der Waals surface area contributed by atoms with Crippen LogP contribution in [-0.2, 0) is 9.53 Å². The zero-order chi connectivity index (χ0) is 14.9. The van der Waals surface area contributed by atoms with Crippen LogP contribution >= 0.6 is 0 Å². The molecule has 2 aliphatic heterocycles. The van der Waals surface area contributed by atoms with Gasteiger partial charge in [-0.25, -0.2) is 0 Å². The smallest absolute Gasteiger partial charge is 0.323 e. The Bertz CT molecular complexity index is 391. The van der Waals surface area contributed by atoms with Crippen LogP contribution in [0, 0.1) is 0 Å². The van der Waals surface area contributed by atoms with Gasteiger partial charge in [-0.05, 0) is 58.4 Å². The molecule has 1 aliphatic carbocycles. The highest BCUT2D eigenvalue weighted by molar-refractivity contribution is 5.78. The second-order valence-electron chi connectivity index (χ2n) is 7.50. The Hall–Kier alpha value is -0.610. The van der Waals surface area contributed by atoms with Gasteiger partial charge in [-0.15, -0.1) is 0 Å². The topological polar surface area (TPSA) is 49.8 Å². The molecular weight excluding hydrogens is 266 g/mol. The van der Waals surface area contributed by atoms with Gasteiger partial charge in [-0.3, -0.25) is 9.69 Å². The zero-order valence-corrected chi connectivity index (χ0v) is 13.3. The van der Waals surface area contributed by atoms with Crippen molar-refractivity contribution in [1.82, 2.24) is 4.90 Å². The average Bonchev–Trinajstić information content (AvgIpc) is 2.85. The van der Waals surface area contributed by atoms with E-state index < -0.39 is 11.5 Å². The first-order chi connectivity index (χ1) is 10.0. The lowest BCUT2D eigenvalue weighted by atomic mass is 9.83. The number of piperidine rings is 1. The second kappa shape index (κ2) is 5.88. The molecule has 21 heavy (non-hydrogen) atoms. The summed E-state index contributed by atoms with van der Waals surface area (Å²) in [5.74, 6) is -0.674. The van der Waals surface area contributed by atoms with E-state index in [1.54, 1.807) is 0 Å². The molecular formula is C17H29NO3. The normalized spacial score (nSPS) is 36.9. The number of carboxylic acid groups (broad SMARTS) is 1. The molecule has 2 saturated heterocycles. The summed E-state index contributed by atoms with van der Waals surface area (Å²) in [7, 11) is 0. The Morgan fingerprint density at radius 2 is 1.86 bits per heavy atom. The number of rotatable bonds is 3. The van der Waals surface area contributed by atoms with E-state index in [2.05, 4.69) is 4.90 Å². The van der Waals surface area contributed by atoms with Gasteiger partial charge >= 0.3 is 5.97 Å². The molecule has 0 bridgehead atoms. The molecule has 1 spiro atoms. The van der Waals surface area contributed by atoms with E-state index >= 15 is 0 Å². The fourth-order valence-electron chi connectivity index (χ4n) is 4.55. The van der Waals surface area contributed by atoms with Gasteiger partial charge in [0.25, 0.3) is 0 Å². The Morgan fingerprint density at radius 1 is 1.14 bits per heavy atom. The summed E-state index contributed by atoms with van der Waals surface area (Å²) < 4.78 is 6.43. The summed E-state index contributed by atoms with van der Waals surface area (Å²) in [6, 6.07) is 0. The molecule has 4 nitrogen and oxygen atoms in total. The molecule has 3 aliphatic rings. The predicted octanol–water partition coefficient (Wildman–Crippen LogP) is 3.20. The first-order valence-electron chi connectivity index (χ1n) is 8.70. The molecule has 3 rings (SSSR count). The molecule has 0 amide bonds. The van der Waals surface area contributed by atoms with Gasteiger partial charge in [0, 0.05) is 6.54 Å². The van der Waals surface area contributed by atoms with Crippen molar-refractivity contribution < 1.29 is 14.6 Å². The highest BCUT2D eigenvalue weighted by atomic mass is 16.5. The summed E-state index contributed by atoms with van der Waals surface area (Å²) in [5.41, 5.74) is -0.553. The number of hydrogen-bond donors (Lipinski definition) is 1. The summed E-state index contributed by atoms with van der Waals surface area (Å²) in [5, 5.41) is 9.60. The molecule has 1 saturated carbocycles. The van der Waals surface area contributed by atoms with Gasteiger partial charge in [0.1, 0.15) is 5.54 Å². The SMILES string of the molecule is CC1(C(=O)O)CCCCN1CC1CCC2(CCCCC2)O1. The van der Waals surface area contributed by atoms with E-state index in [4.69, 9.17) is 4.74 Å². The molecule has 4 heteroatoms. The summed E-state index contributed by atoms with van der Waals surface area (Å²) in [4.78, 5) is 13.8. The fourth-order valence-corrected chi connectivity index (χ4v) is 4.55. The minimum atomic E-state index is -0.691. The number of ether oxygens (including phenoxy) is 1. The van der Waals surface area contributed by atoms with Crippen LogP contribution in [0.3, 0.4) is 0 Å². The fraction of sp³-hybridized carbons (Fsp3) is 0.941. The Labute approximate surface area is 127 Å². The van der Waals surface area contributed by atoms with Crippen LogP contribution in [0.25, 0.3) is 0 Å². The van der Waals surface area contributed by atoms with Gasteiger partial charge in [-0.1, -0.05) is 19.3 Å². The lowest BCUT2D eigenvalue weighted by Crippen LogP contribution is -2.57. The van der Waals surface area contributed by atoms with Crippen molar-refractivity contribution in [2.24, 2.45) is 0 Å². The van der Waals surface area contributed by atoms with E-state index in [-0.39, 0.29) is 11.7 Å². The standard InChI is InChI=1S/C17H29NO3/c1-16(15(19)20)8-5-6-12-18(16)13-14-7-11-17(21-14)9-3-2-4-10-17/h14H,2-13H2,1H3,(H,19,20). The van der Waals surface area contributed by atoms with E-state index in [0.29, 0.717) is 0 Å². The van der Waals surface area contributed by atoms with Crippen LogP contribution in [0.15, 0.2) is 0 Å². The van der Waals surface area contributed by atoms with E-state index in [9.17, 15) is 9.90 Å². The maximum absolute atomic E-state index is 11.7. The number of likely N-dealkylation sites (tertiary alicyclic amines) is 1. The molecule has 0 radical (unpaired) electrons. The summed E-state index contributed by atoms with van der Waals surface area (Å²) >= 11 is 0. The highest BCUT2D eigenvalue weighted by Gasteiger charge is 2.45. The average molecular weight is 295 g/mol. The lowest BCUT2D eigenvalue weighted by molar-refractivity contribution is -0.155. The second-order valence-corrected chi connectivity index (χ2v) is 7.50. The Kier molecular flexibility index (Phi) is 4.28. The number of nitrogens with zero attached hydrogens (tertiary/aromatic N) is 1. The number of hydrogen-bond acceptors (Lipinski definition) is 3. The van der Waals surface area contributed by atoms with Crippen molar-refractivity contribution in [1.29, 1.82) is 0 Å². The summed E-state index contributed by atoms with van der Waals surface area (Å²) in [6.45, 7) is 3.58. The van der Waals surface area contributed by atoms with Crippen molar-refractivity contribution in [3.63, 3.8) is 0 Å². The first kappa shape index (κ1) is 15.3. The van der Waals surface area contributed by atoms with Gasteiger partial charge in [0.2, 0.25) is 0 Å². The van der Waals surface area contributed by atoms with Crippen molar-refractivity contribution in [2.75, 3.05) is 13.1 Å². The largest absolute Gasteiger partial charge is 0.480 e. The van der Waals surface area contributed by atoms with Gasteiger partial charge in [0.05, 0.1) is 11.7 Å². The predicted molar refractivity (Wildman–Crippen MR) is 81.4 cm³/mol. The van der Waals surface area contributed by atoms with Crippen LogP contribution in [0.1, 0.15) is 71.1 Å². The van der Waals surface area contributed by atoms with Crippen LogP contribution in [0.4, 0.5) is 0 Å².